The minimum absolute atomic E-state index is 0.185. The largest absolute Gasteiger partial charge is 0.508 e. The molecule has 0 saturated carbocycles. The smallest absolute Gasteiger partial charge is 0.145 e. The van der Waals surface area contributed by atoms with Gasteiger partial charge in [0.15, 0.2) is 0 Å². The van der Waals surface area contributed by atoms with Crippen molar-refractivity contribution in [3.8, 4) is 11.5 Å². The van der Waals surface area contributed by atoms with E-state index >= 15 is 0 Å². The summed E-state index contributed by atoms with van der Waals surface area (Å²) in [6.07, 6.45) is 0.793. The Labute approximate surface area is 71.8 Å². The summed E-state index contributed by atoms with van der Waals surface area (Å²) in [4.78, 5) is 0. The molecule has 0 aromatic heterocycles. The fraction of sp³-hybridized carbons (Fsp3) is 0.333. The second-order valence-electron chi connectivity index (χ2n) is 2.58. The van der Waals surface area contributed by atoms with Crippen molar-refractivity contribution < 1.29 is 9.84 Å². The van der Waals surface area contributed by atoms with E-state index in [1.54, 1.807) is 13.2 Å². The van der Waals surface area contributed by atoms with E-state index in [-0.39, 0.29) is 5.75 Å². The van der Waals surface area contributed by atoms with Gasteiger partial charge < -0.3 is 15.6 Å². The van der Waals surface area contributed by atoms with Crippen LogP contribution in [0, 0.1) is 0 Å². The Hall–Kier alpha value is -1.38. The summed E-state index contributed by atoms with van der Waals surface area (Å²) in [5, 5.41) is 9.21. The molecule has 0 bridgehead atoms. The van der Waals surface area contributed by atoms with Gasteiger partial charge >= 0.3 is 0 Å². The topological polar surface area (TPSA) is 55.5 Å². The van der Waals surface area contributed by atoms with Gasteiger partial charge in [-0.3, -0.25) is 0 Å². The Bertz CT molecular complexity index is 284. The number of ether oxygens (including phenoxy) is 1. The lowest BCUT2D eigenvalue weighted by molar-refractivity contribution is 0.409. The van der Waals surface area contributed by atoms with E-state index in [9.17, 15) is 5.11 Å². The van der Waals surface area contributed by atoms with E-state index in [1.165, 1.54) is 6.07 Å². The van der Waals surface area contributed by atoms with E-state index < -0.39 is 0 Å². The van der Waals surface area contributed by atoms with Crippen molar-refractivity contribution in [2.75, 3.05) is 12.8 Å². The van der Waals surface area contributed by atoms with E-state index in [4.69, 9.17) is 10.5 Å². The van der Waals surface area contributed by atoms with E-state index in [1.807, 2.05) is 6.92 Å². The minimum atomic E-state index is 0.185. The Balaban J connectivity index is 3.24. The number of nitrogens with two attached hydrogens (primary N) is 1. The molecule has 0 fully saturated rings. The Morgan fingerprint density at radius 3 is 2.67 bits per heavy atom. The van der Waals surface area contributed by atoms with Crippen molar-refractivity contribution in [3.63, 3.8) is 0 Å². The molecule has 0 amide bonds. The van der Waals surface area contributed by atoms with Gasteiger partial charge in [-0.15, -0.1) is 0 Å². The molecule has 0 aliphatic rings. The predicted octanol–water partition coefficient (Wildman–Crippen LogP) is 1.55. The molecular formula is C9H13NO2. The fourth-order valence-corrected chi connectivity index (χ4v) is 1.21. The maximum atomic E-state index is 9.21. The zero-order chi connectivity index (χ0) is 9.14. The summed E-state index contributed by atoms with van der Waals surface area (Å²) in [5.74, 6) is 0.848. The van der Waals surface area contributed by atoms with E-state index in [0.717, 1.165) is 12.0 Å². The van der Waals surface area contributed by atoms with Crippen LogP contribution in [0.3, 0.4) is 0 Å². The lowest BCUT2D eigenvalue weighted by Gasteiger charge is -2.09. The third kappa shape index (κ3) is 1.44. The maximum Gasteiger partial charge on any atom is 0.145 e. The summed E-state index contributed by atoms with van der Waals surface area (Å²) >= 11 is 0. The van der Waals surface area contributed by atoms with Crippen LogP contribution >= 0.6 is 0 Å². The highest BCUT2D eigenvalue weighted by atomic mass is 16.5. The average Bonchev–Trinajstić information content (AvgIpc) is 2.03. The first-order valence-corrected chi connectivity index (χ1v) is 3.84. The minimum Gasteiger partial charge on any atom is -0.508 e. The summed E-state index contributed by atoms with van der Waals surface area (Å²) in [5.41, 5.74) is 7.03. The van der Waals surface area contributed by atoms with Crippen molar-refractivity contribution in [1.82, 2.24) is 0 Å². The quantitative estimate of drug-likeness (QED) is 0.657. The molecule has 0 aliphatic heterocycles. The zero-order valence-electron chi connectivity index (χ0n) is 7.29. The molecule has 3 heteroatoms. The number of hydrogen-bond donors (Lipinski definition) is 2. The molecule has 3 nitrogen and oxygen atoms in total. The average molecular weight is 167 g/mol. The van der Waals surface area contributed by atoms with Gasteiger partial charge in [-0.2, -0.15) is 0 Å². The molecule has 66 valence electrons. The molecule has 3 N–H and O–H groups in total. The zero-order valence-corrected chi connectivity index (χ0v) is 7.29. The molecule has 0 saturated heterocycles. The number of rotatable bonds is 2. The molecule has 12 heavy (non-hydrogen) atoms. The highest BCUT2D eigenvalue weighted by molar-refractivity contribution is 5.60. The summed E-state index contributed by atoms with van der Waals surface area (Å²) in [6, 6.07) is 3.15. The van der Waals surface area contributed by atoms with Crippen LogP contribution in [0.5, 0.6) is 11.5 Å². The molecule has 0 radical (unpaired) electrons. The molecular weight excluding hydrogens is 154 g/mol. The van der Waals surface area contributed by atoms with Crippen molar-refractivity contribution in [2.24, 2.45) is 0 Å². The first-order valence-electron chi connectivity index (χ1n) is 3.84. The predicted molar refractivity (Wildman–Crippen MR) is 48.4 cm³/mol. The number of nitrogen functional groups attached to an aromatic ring is 1. The number of methoxy groups -OCH3 is 1. The van der Waals surface area contributed by atoms with Crippen LogP contribution < -0.4 is 10.5 Å². The molecule has 0 heterocycles. The molecule has 0 atom stereocenters. The summed E-state index contributed by atoms with van der Waals surface area (Å²) in [7, 11) is 1.57. The van der Waals surface area contributed by atoms with Gasteiger partial charge in [0.2, 0.25) is 0 Å². The molecule has 1 rings (SSSR count). The number of benzene rings is 1. The van der Waals surface area contributed by atoms with Gasteiger partial charge in [0.25, 0.3) is 0 Å². The Morgan fingerprint density at radius 2 is 2.17 bits per heavy atom. The van der Waals surface area contributed by atoms with Gasteiger partial charge in [0.05, 0.1) is 12.8 Å². The SMILES string of the molecule is CCc1cc(O)cc(N)c1OC. The van der Waals surface area contributed by atoms with Crippen molar-refractivity contribution >= 4 is 5.69 Å². The van der Waals surface area contributed by atoms with E-state index in [2.05, 4.69) is 0 Å². The van der Waals surface area contributed by atoms with Gasteiger partial charge in [0, 0.05) is 6.07 Å². The van der Waals surface area contributed by atoms with Crippen LogP contribution in [0.25, 0.3) is 0 Å². The second kappa shape index (κ2) is 3.34. The number of aromatic hydroxyl groups is 1. The molecule has 1 aromatic carbocycles. The normalized spacial score (nSPS) is 9.83. The monoisotopic (exact) mass is 167 g/mol. The lowest BCUT2D eigenvalue weighted by atomic mass is 10.1. The highest BCUT2D eigenvalue weighted by Crippen LogP contribution is 2.30. The first kappa shape index (κ1) is 8.71. The third-order valence-electron chi connectivity index (χ3n) is 1.76. The van der Waals surface area contributed by atoms with E-state index in [0.29, 0.717) is 11.4 Å². The second-order valence-corrected chi connectivity index (χ2v) is 2.58. The number of phenols is 1. The van der Waals surface area contributed by atoms with Gasteiger partial charge in [-0.1, -0.05) is 6.92 Å². The Kier molecular flexibility index (Phi) is 2.43. The van der Waals surface area contributed by atoms with Gasteiger partial charge in [0.1, 0.15) is 11.5 Å². The molecule has 0 spiro atoms. The van der Waals surface area contributed by atoms with Gasteiger partial charge in [-0.05, 0) is 18.1 Å². The summed E-state index contributed by atoms with van der Waals surface area (Å²) < 4.78 is 5.09. The number of anilines is 1. The third-order valence-corrected chi connectivity index (χ3v) is 1.76. The van der Waals surface area contributed by atoms with Crippen LogP contribution in [0.1, 0.15) is 12.5 Å². The Morgan fingerprint density at radius 1 is 1.50 bits per heavy atom. The fourth-order valence-electron chi connectivity index (χ4n) is 1.21. The van der Waals surface area contributed by atoms with Crippen LogP contribution in [-0.4, -0.2) is 12.2 Å². The first-order chi connectivity index (χ1) is 5.69. The maximum absolute atomic E-state index is 9.21. The summed E-state index contributed by atoms with van der Waals surface area (Å²) in [6.45, 7) is 1.98. The number of aryl methyl sites for hydroxylation is 1. The van der Waals surface area contributed by atoms with Crippen LogP contribution in [0.4, 0.5) is 5.69 Å². The standard InChI is InChI=1S/C9H13NO2/c1-3-6-4-7(11)5-8(10)9(6)12-2/h4-5,11H,3,10H2,1-2H3. The number of hydrogen-bond acceptors (Lipinski definition) is 3. The van der Waals surface area contributed by atoms with Gasteiger partial charge in [-0.25, -0.2) is 0 Å². The van der Waals surface area contributed by atoms with Crippen molar-refractivity contribution in [3.05, 3.63) is 17.7 Å². The molecule has 0 unspecified atom stereocenters. The lowest BCUT2D eigenvalue weighted by Crippen LogP contribution is -1.96. The highest BCUT2D eigenvalue weighted by Gasteiger charge is 2.06. The van der Waals surface area contributed by atoms with Crippen molar-refractivity contribution in [2.45, 2.75) is 13.3 Å². The van der Waals surface area contributed by atoms with Crippen LogP contribution in [0.2, 0.25) is 0 Å². The molecule has 0 aliphatic carbocycles. The van der Waals surface area contributed by atoms with Crippen LogP contribution in [-0.2, 0) is 6.42 Å². The van der Waals surface area contributed by atoms with Crippen molar-refractivity contribution in [1.29, 1.82) is 0 Å². The molecule has 1 aromatic rings. The van der Waals surface area contributed by atoms with Crippen LogP contribution in [0.15, 0.2) is 12.1 Å². The number of phenolic OH excluding ortho intramolecular Hbond substituents is 1.